The van der Waals surface area contributed by atoms with E-state index >= 15 is 0 Å². The summed E-state index contributed by atoms with van der Waals surface area (Å²) >= 11 is 0. The fourth-order valence-electron chi connectivity index (χ4n) is 4.00. The third kappa shape index (κ3) is 4.78. The number of rotatable bonds is 6. The molecule has 0 spiro atoms. The van der Waals surface area contributed by atoms with Crippen molar-refractivity contribution in [2.75, 3.05) is 32.7 Å². The Kier molecular flexibility index (Phi) is 5.72. The highest BCUT2D eigenvalue weighted by atomic mass is 16.3. The number of aliphatic hydroxyl groups is 1. The molecule has 1 aromatic heterocycles. The minimum atomic E-state index is -0.233. The fourth-order valence-corrected chi connectivity index (χ4v) is 4.00. The van der Waals surface area contributed by atoms with E-state index in [4.69, 9.17) is 0 Å². The molecule has 1 aromatic rings. The summed E-state index contributed by atoms with van der Waals surface area (Å²) < 4.78 is 2.05. The van der Waals surface area contributed by atoms with Gasteiger partial charge in [-0.2, -0.15) is 5.10 Å². The first kappa shape index (κ1) is 16.9. The number of likely N-dealkylation sites (tertiary alicyclic amines) is 2. The van der Waals surface area contributed by atoms with Gasteiger partial charge in [-0.3, -0.25) is 9.58 Å². The van der Waals surface area contributed by atoms with Gasteiger partial charge in [0.25, 0.3) is 0 Å². The Hall–Kier alpha value is -0.910. The van der Waals surface area contributed by atoms with Crippen molar-refractivity contribution in [1.82, 2.24) is 19.6 Å². The Labute approximate surface area is 140 Å². The quantitative estimate of drug-likeness (QED) is 0.867. The fraction of sp³-hybridized carbons (Fsp3) is 0.833. The molecular formula is C18H32N4O. The van der Waals surface area contributed by atoms with Gasteiger partial charge >= 0.3 is 0 Å². The number of β-amino-alcohol motifs (C(OH)–C–C–N with tert-alkyl or cyclic N) is 1. The summed E-state index contributed by atoms with van der Waals surface area (Å²) in [5.41, 5.74) is 1.22. The molecule has 0 amide bonds. The molecule has 23 heavy (non-hydrogen) atoms. The zero-order valence-electron chi connectivity index (χ0n) is 14.7. The minimum Gasteiger partial charge on any atom is -0.390 e. The van der Waals surface area contributed by atoms with Crippen LogP contribution in [0, 0.1) is 12.8 Å². The summed E-state index contributed by atoms with van der Waals surface area (Å²) in [7, 11) is 0. The second kappa shape index (κ2) is 7.77. The minimum absolute atomic E-state index is 0.233. The van der Waals surface area contributed by atoms with Crippen molar-refractivity contribution in [3.63, 3.8) is 0 Å². The number of aromatic nitrogens is 2. The summed E-state index contributed by atoms with van der Waals surface area (Å²) in [6.07, 6.45) is 8.80. The maximum atomic E-state index is 10.5. The zero-order valence-corrected chi connectivity index (χ0v) is 14.7. The molecule has 3 rings (SSSR count). The van der Waals surface area contributed by atoms with E-state index in [1.807, 2.05) is 6.20 Å². The number of hydrogen-bond donors (Lipinski definition) is 1. The van der Waals surface area contributed by atoms with Gasteiger partial charge in [0.15, 0.2) is 0 Å². The molecule has 2 saturated heterocycles. The summed E-state index contributed by atoms with van der Waals surface area (Å²) in [4.78, 5) is 4.90. The second-order valence-electron chi connectivity index (χ2n) is 7.67. The lowest BCUT2D eigenvalue weighted by molar-refractivity contribution is 0.0553. The summed E-state index contributed by atoms with van der Waals surface area (Å²) in [5, 5.41) is 14.9. The third-order valence-corrected chi connectivity index (χ3v) is 5.45. The Balaban J connectivity index is 1.46. The van der Waals surface area contributed by atoms with Crippen LogP contribution in [0.4, 0.5) is 0 Å². The molecule has 0 saturated carbocycles. The number of aryl methyl sites for hydroxylation is 1. The number of hydrogen-bond acceptors (Lipinski definition) is 4. The van der Waals surface area contributed by atoms with Gasteiger partial charge < -0.3 is 10.0 Å². The van der Waals surface area contributed by atoms with Gasteiger partial charge in [-0.15, -0.1) is 0 Å². The number of nitrogens with zero attached hydrogens (tertiary/aromatic N) is 4. The monoisotopic (exact) mass is 320 g/mol. The van der Waals surface area contributed by atoms with E-state index in [-0.39, 0.29) is 6.10 Å². The normalized spacial score (nSPS) is 26.0. The van der Waals surface area contributed by atoms with E-state index in [1.165, 1.54) is 31.2 Å². The molecule has 2 aliphatic rings. The van der Waals surface area contributed by atoms with E-state index in [0.29, 0.717) is 6.04 Å². The van der Waals surface area contributed by atoms with Crippen molar-refractivity contribution in [2.45, 2.75) is 58.2 Å². The van der Waals surface area contributed by atoms with Crippen molar-refractivity contribution in [3.05, 3.63) is 18.0 Å². The van der Waals surface area contributed by atoms with E-state index < -0.39 is 0 Å². The molecule has 5 heteroatoms. The topological polar surface area (TPSA) is 44.5 Å². The van der Waals surface area contributed by atoms with Crippen LogP contribution in [-0.4, -0.2) is 69.6 Å². The summed E-state index contributed by atoms with van der Waals surface area (Å²) in [5.74, 6) is 0.851. The molecule has 5 nitrogen and oxygen atoms in total. The highest BCUT2D eigenvalue weighted by Crippen LogP contribution is 2.20. The van der Waals surface area contributed by atoms with E-state index in [1.54, 1.807) is 0 Å². The lowest BCUT2D eigenvalue weighted by Crippen LogP contribution is -2.45. The van der Waals surface area contributed by atoms with Gasteiger partial charge in [0.2, 0.25) is 0 Å². The third-order valence-electron chi connectivity index (χ3n) is 5.45. The molecule has 3 heterocycles. The van der Waals surface area contributed by atoms with E-state index in [0.717, 1.165) is 45.2 Å². The molecule has 0 bridgehead atoms. The molecule has 1 N–H and O–H groups in total. The van der Waals surface area contributed by atoms with Gasteiger partial charge in [0.05, 0.1) is 18.8 Å². The zero-order chi connectivity index (χ0) is 16.2. The Morgan fingerprint density at radius 1 is 1.22 bits per heavy atom. The molecule has 130 valence electrons. The average Bonchev–Trinajstić information content (AvgIpc) is 3.11. The van der Waals surface area contributed by atoms with Gasteiger partial charge in [-0.05, 0) is 63.7 Å². The van der Waals surface area contributed by atoms with Gasteiger partial charge in [0, 0.05) is 25.3 Å². The Bertz CT molecular complexity index is 481. The van der Waals surface area contributed by atoms with Gasteiger partial charge in [0.1, 0.15) is 0 Å². The summed E-state index contributed by atoms with van der Waals surface area (Å²) in [6, 6.07) is 0.519. The maximum absolute atomic E-state index is 10.5. The van der Waals surface area contributed by atoms with Crippen LogP contribution >= 0.6 is 0 Å². The molecule has 2 atom stereocenters. The highest BCUT2D eigenvalue weighted by Gasteiger charge is 2.27. The largest absolute Gasteiger partial charge is 0.390 e. The molecule has 2 fully saturated rings. The van der Waals surface area contributed by atoms with Crippen molar-refractivity contribution in [3.8, 4) is 0 Å². The maximum Gasteiger partial charge on any atom is 0.0793 e. The molecule has 0 aliphatic carbocycles. The van der Waals surface area contributed by atoms with Crippen LogP contribution in [0.2, 0.25) is 0 Å². The van der Waals surface area contributed by atoms with Crippen LogP contribution < -0.4 is 0 Å². The Morgan fingerprint density at radius 3 is 2.70 bits per heavy atom. The highest BCUT2D eigenvalue weighted by molar-refractivity contribution is 5.00. The van der Waals surface area contributed by atoms with Crippen molar-refractivity contribution in [2.24, 2.45) is 5.92 Å². The van der Waals surface area contributed by atoms with Crippen LogP contribution in [0.1, 0.15) is 38.2 Å². The van der Waals surface area contributed by atoms with E-state index in [2.05, 4.69) is 39.6 Å². The van der Waals surface area contributed by atoms with Crippen LogP contribution in [0.25, 0.3) is 0 Å². The van der Waals surface area contributed by atoms with Crippen LogP contribution in [0.3, 0.4) is 0 Å². The smallest absolute Gasteiger partial charge is 0.0793 e. The summed E-state index contributed by atoms with van der Waals surface area (Å²) in [6.45, 7) is 10.4. The van der Waals surface area contributed by atoms with Crippen LogP contribution in [0.15, 0.2) is 12.4 Å². The molecule has 2 aliphatic heterocycles. The van der Waals surface area contributed by atoms with E-state index in [9.17, 15) is 5.11 Å². The Morgan fingerprint density at radius 2 is 2.00 bits per heavy atom. The van der Waals surface area contributed by atoms with Crippen LogP contribution in [-0.2, 0) is 6.54 Å². The molecule has 0 aromatic carbocycles. The standard InChI is InChI=1S/C18H32N4O/c1-15-5-8-20(9-6-15)13-18(23)14-21-7-3-4-17(21)12-22-11-16(2)10-19-22/h10-11,15,17-18,23H,3-9,12-14H2,1-2H3/t17-,18-/m0/s1. The first-order valence-corrected chi connectivity index (χ1v) is 9.23. The lowest BCUT2D eigenvalue weighted by atomic mass is 9.99. The van der Waals surface area contributed by atoms with Crippen LogP contribution in [0.5, 0.6) is 0 Å². The number of piperidine rings is 1. The van der Waals surface area contributed by atoms with Gasteiger partial charge in [-0.25, -0.2) is 0 Å². The molecular weight excluding hydrogens is 288 g/mol. The SMILES string of the molecule is Cc1cnn(C[C@@H]2CCCN2C[C@@H](O)CN2CCC(C)CC2)c1. The van der Waals surface area contributed by atoms with Crippen molar-refractivity contribution in [1.29, 1.82) is 0 Å². The lowest BCUT2D eigenvalue weighted by Gasteiger charge is -2.33. The molecule has 0 unspecified atom stereocenters. The van der Waals surface area contributed by atoms with Crippen molar-refractivity contribution >= 4 is 0 Å². The first-order valence-electron chi connectivity index (χ1n) is 9.23. The predicted molar refractivity (Wildman–Crippen MR) is 92.4 cm³/mol. The molecule has 0 radical (unpaired) electrons. The van der Waals surface area contributed by atoms with Crippen molar-refractivity contribution < 1.29 is 5.11 Å². The predicted octanol–water partition coefficient (Wildman–Crippen LogP) is 1.75. The first-order chi connectivity index (χ1) is 11.1. The number of aliphatic hydroxyl groups excluding tert-OH is 1. The second-order valence-corrected chi connectivity index (χ2v) is 7.67. The average molecular weight is 320 g/mol. The van der Waals surface area contributed by atoms with Gasteiger partial charge in [-0.1, -0.05) is 6.92 Å².